The van der Waals surface area contributed by atoms with Crippen LogP contribution in [-0.4, -0.2) is 22.5 Å². The lowest BCUT2D eigenvalue weighted by atomic mass is 10.1. The number of halogens is 3. The Balaban J connectivity index is 1.76. The van der Waals surface area contributed by atoms with Gasteiger partial charge in [-0.3, -0.25) is 4.79 Å². The van der Waals surface area contributed by atoms with E-state index in [1.54, 1.807) is 24.4 Å². The van der Waals surface area contributed by atoms with E-state index >= 15 is 0 Å². The second kappa shape index (κ2) is 12.2. The van der Waals surface area contributed by atoms with Gasteiger partial charge in [0, 0.05) is 26.0 Å². The summed E-state index contributed by atoms with van der Waals surface area (Å²) in [5.74, 6) is 1.50. The number of nitrogens with zero attached hydrogens (tertiary/aromatic N) is 4. The van der Waals surface area contributed by atoms with Gasteiger partial charge in [0.2, 0.25) is 0 Å². The first kappa shape index (κ1) is 28.0. The maximum absolute atomic E-state index is 13.4. The Bertz CT molecular complexity index is 1640. The number of rotatable bonds is 8. The Hall–Kier alpha value is -3.00. The second-order valence-electron chi connectivity index (χ2n) is 8.56. The van der Waals surface area contributed by atoms with E-state index in [2.05, 4.69) is 59.0 Å². The fourth-order valence-electron chi connectivity index (χ4n) is 3.77. The number of fused-ring (bicyclic) bond motifs is 1. The molecule has 0 fully saturated rings. The average molecular weight is 703 g/mol. The molecule has 0 aliphatic rings. The molecule has 0 unspecified atom stereocenters. The van der Waals surface area contributed by atoms with E-state index in [9.17, 15) is 10.1 Å². The predicted molar refractivity (Wildman–Crippen MR) is 159 cm³/mol. The van der Waals surface area contributed by atoms with Crippen LogP contribution in [-0.2, 0) is 6.61 Å². The molecule has 10 heteroatoms. The van der Waals surface area contributed by atoms with Crippen LogP contribution in [0.25, 0.3) is 10.9 Å². The monoisotopic (exact) mass is 700 g/mol. The minimum Gasteiger partial charge on any atom is -0.490 e. The van der Waals surface area contributed by atoms with Gasteiger partial charge in [0.1, 0.15) is 12.4 Å². The van der Waals surface area contributed by atoms with Crippen LogP contribution >= 0.6 is 47.8 Å². The summed E-state index contributed by atoms with van der Waals surface area (Å²) in [4.78, 5) is 18.1. The summed E-state index contributed by atoms with van der Waals surface area (Å²) in [6.07, 6.45) is 1.59. The van der Waals surface area contributed by atoms with Crippen molar-refractivity contribution in [1.82, 2.24) is 9.66 Å². The molecule has 1 aromatic heterocycles. The molecule has 0 N–H and O–H groups in total. The molecule has 38 heavy (non-hydrogen) atoms. The average Bonchev–Trinajstić information content (AvgIpc) is 2.90. The van der Waals surface area contributed by atoms with Crippen LogP contribution in [0.4, 0.5) is 0 Å². The van der Waals surface area contributed by atoms with E-state index in [-0.39, 0.29) is 18.1 Å². The molecule has 0 amide bonds. The third-order valence-electron chi connectivity index (χ3n) is 5.63. The molecule has 0 aliphatic heterocycles. The maximum atomic E-state index is 13.4. The first-order valence-electron chi connectivity index (χ1n) is 11.8. The van der Waals surface area contributed by atoms with Crippen LogP contribution in [0.5, 0.6) is 11.5 Å². The summed E-state index contributed by atoms with van der Waals surface area (Å²) in [5.41, 5.74) is 2.35. The zero-order valence-corrected chi connectivity index (χ0v) is 25.6. The Morgan fingerprint density at radius 1 is 1.11 bits per heavy atom. The molecule has 0 radical (unpaired) electrons. The summed E-state index contributed by atoms with van der Waals surface area (Å²) in [6.45, 7) is 6.42. The molecule has 194 valence electrons. The highest BCUT2D eigenvalue weighted by Crippen LogP contribution is 2.43. The Kier molecular flexibility index (Phi) is 9.03. The van der Waals surface area contributed by atoms with Gasteiger partial charge in [0.25, 0.3) is 5.56 Å². The molecule has 0 bridgehead atoms. The first-order chi connectivity index (χ1) is 18.2. The topological polar surface area (TPSA) is 89.5 Å². The summed E-state index contributed by atoms with van der Waals surface area (Å²) >= 11 is 10.7. The van der Waals surface area contributed by atoms with Crippen LogP contribution in [0.15, 0.2) is 71.8 Å². The van der Waals surface area contributed by atoms with Crippen LogP contribution in [0.1, 0.15) is 49.2 Å². The van der Waals surface area contributed by atoms with Crippen molar-refractivity contribution in [1.29, 1.82) is 5.26 Å². The number of ether oxygens (including phenoxy) is 2. The molecule has 0 aliphatic carbocycles. The summed E-state index contributed by atoms with van der Waals surface area (Å²) < 4.78 is 15.4. The van der Waals surface area contributed by atoms with Crippen molar-refractivity contribution in [3.63, 3.8) is 0 Å². The lowest BCUT2D eigenvalue weighted by Crippen LogP contribution is -2.23. The van der Waals surface area contributed by atoms with Crippen molar-refractivity contribution in [2.75, 3.05) is 6.61 Å². The second-order valence-corrected chi connectivity index (χ2v) is 11.1. The van der Waals surface area contributed by atoms with E-state index in [1.165, 1.54) is 4.68 Å². The van der Waals surface area contributed by atoms with Crippen molar-refractivity contribution in [2.45, 2.75) is 33.3 Å². The van der Waals surface area contributed by atoms with E-state index in [1.807, 2.05) is 51.1 Å². The Labute approximate surface area is 245 Å². The first-order valence-corrected chi connectivity index (χ1v) is 14.1. The Morgan fingerprint density at radius 2 is 1.87 bits per heavy atom. The predicted octanol–water partition coefficient (Wildman–Crippen LogP) is 7.54. The minimum atomic E-state index is -0.257. The summed E-state index contributed by atoms with van der Waals surface area (Å²) in [7, 11) is 0. The fourth-order valence-corrected chi connectivity index (χ4v) is 5.07. The Morgan fingerprint density at radius 3 is 2.58 bits per heavy atom. The highest BCUT2D eigenvalue weighted by Gasteiger charge is 2.19. The van der Waals surface area contributed by atoms with Gasteiger partial charge in [-0.05, 0) is 69.1 Å². The van der Waals surface area contributed by atoms with Gasteiger partial charge >= 0.3 is 0 Å². The molecular weight excluding hydrogens is 680 g/mol. The number of nitriles is 1. The number of hydrogen-bond acceptors (Lipinski definition) is 6. The minimum absolute atomic E-state index is 0.0332. The zero-order chi connectivity index (χ0) is 27.4. The lowest BCUT2D eigenvalue weighted by molar-refractivity contribution is 0.267. The third kappa shape index (κ3) is 5.85. The highest BCUT2D eigenvalue weighted by atomic mass is 79.9. The lowest BCUT2D eigenvalue weighted by Gasteiger charge is -2.17. The van der Waals surface area contributed by atoms with Crippen molar-refractivity contribution in [3.8, 4) is 17.6 Å². The number of benzene rings is 3. The van der Waals surface area contributed by atoms with Gasteiger partial charge in [-0.25, -0.2) is 4.98 Å². The van der Waals surface area contributed by atoms with Crippen molar-refractivity contribution in [2.24, 2.45) is 5.10 Å². The number of aromatic nitrogens is 2. The summed E-state index contributed by atoms with van der Waals surface area (Å²) in [6, 6.07) is 16.7. The van der Waals surface area contributed by atoms with Gasteiger partial charge < -0.3 is 9.47 Å². The molecule has 7 nitrogen and oxygen atoms in total. The van der Waals surface area contributed by atoms with Gasteiger partial charge in [0.05, 0.1) is 39.8 Å². The van der Waals surface area contributed by atoms with E-state index < -0.39 is 0 Å². The van der Waals surface area contributed by atoms with E-state index in [0.717, 1.165) is 10.0 Å². The quantitative estimate of drug-likeness (QED) is 0.177. The van der Waals surface area contributed by atoms with Gasteiger partial charge in [0.15, 0.2) is 11.5 Å². The van der Waals surface area contributed by atoms with Gasteiger partial charge in [-0.15, -0.1) is 0 Å². The van der Waals surface area contributed by atoms with Gasteiger partial charge in [-0.2, -0.15) is 15.0 Å². The molecule has 0 saturated carbocycles. The molecule has 3 aromatic carbocycles. The van der Waals surface area contributed by atoms with Gasteiger partial charge in [-0.1, -0.05) is 48.0 Å². The smallest absolute Gasteiger partial charge is 0.282 e. The van der Waals surface area contributed by atoms with E-state index in [0.29, 0.717) is 54.9 Å². The largest absolute Gasteiger partial charge is 0.490 e. The normalized spacial score (nSPS) is 11.3. The summed E-state index contributed by atoms with van der Waals surface area (Å²) in [5, 5.41) is 14.4. The number of hydrogen-bond donors (Lipinski definition) is 0. The SMILES string of the molecule is CCOc1cc(C=Nn2c(C(C)C)nc3ccc(Br)cc3c2=O)c(Br)c(Br)c1OCc1ccccc1C#N. The molecule has 0 atom stereocenters. The van der Waals surface area contributed by atoms with Crippen LogP contribution < -0.4 is 15.0 Å². The van der Waals surface area contributed by atoms with Crippen molar-refractivity contribution < 1.29 is 9.47 Å². The van der Waals surface area contributed by atoms with Crippen LogP contribution in [0.3, 0.4) is 0 Å². The molecule has 0 saturated heterocycles. The van der Waals surface area contributed by atoms with Crippen LogP contribution in [0, 0.1) is 11.3 Å². The van der Waals surface area contributed by atoms with E-state index in [4.69, 9.17) is 14.5 Å². The van der Waals surface area contributed by atoms with Crippen molar-refractivity contribution in [3.05, 3.63) is 94.8 Å². The standard InChI is InChI=1S/C28H23Br3N4O3/c1-4-37-23-11-19(24(30)25(31)26(23)38-15-18-8-6-5-7-17(18)13-32)14-33-35-27(16(2)3)34-22-10-9-20(29)12-21(22)28(35)36/h5-12,14,16H,4,15H2,1-3H3. The molecule has 1 heterocycles. The van der Waals surface area contributed by atoms with Crippen molar-refractivity contribution >= 4 is 64.9 Å². The molecule has 0 spiro atoms. The fraction of sp³-hybridized carbons (Fsp3) is 0.214. The van der Waals surface area contributed by atoms with Crippen LogP contribution in [0.2, 0.25) is 0 Å². The molecule has 4 rings (SSSR count). The molecule has 4 aromatic rings. The maximum Gasteiger partial charge on any atom is 0.282 e. The molecular formula is C28H23Br3N4O3. The third-order valence-corrected chi connectivity index (χ3v) is 8.26. The highest BCUT2D eigenvalue weighted by molar-refractivity contribution is 9.13. The zero-order valence-electron chi connectivity index (χ0n) is 20.8.